The fraction of sp³-hybridized carbons (Fsp3) is 0.615. The number of aryl methyl sites for hydroxylation is 1. The molecule has 1 aliphatic rings. The van der Waals surface area contributed by atoms with Crippen LogP contribution in [0.1, 0.15) is 30.8 Å². The molecule has 0 unspecified atom stereocenters. The molecule has 0 aliphatic heterocycles. The summed E-state index contributed by atoms with van der Waals surface area (Å²) in [6.45, 7) is 3.15. The van der Waals surface area contributed by atoms with Crippen LogP contribution in [-0.4, -0.2) is 19.5 Å². The summed E-state index contributed by atoms with van der Waals surface area (Å²) >= 11 is 0. The summed E-state index contributed by atoms with van der Waals surface area (Å²) in [4.78, 5) is 12.1. The Kier molecular flexibility index (Phi) is 3.52. The number of nitrogens with one attached hydrogen (secondary N) is 2. The topological polar surface area (TPSA) is 54.3 Å². The molecule has 0 aromatic carbocycles. The standard InChI is InChI=1S/C13H20N2O2/c1-10-4-5-11(17-10)8-15-12(16)13(9-14-2)6-3-7-13/h4-5,14H,3,6-9H2,1-2H3,(H,15,16). The smallest absolute Gasteiger partial charge is 0.227 e. The first kappa shape index (κ1) is 12.2. The van der Waals surface area contributed by atoms with Gasteiger partial charge in [0.2, 0.25) is 5.91 Å². The van der Waals surface area contributed by atoms with E-state index < -0.39 is 0 Å². The molecule has 1 saturated carbocycles. The summed E-state index contributed by atoms with van der Waals surface area (Å²) < 4.78 is 5.43. The quantitative estimate of drug-likeness (QED) is 0.816. The Morgan fingerprint density at radius 2 is 2.24 bits per heavy atom. The molecule has 0 spiro atoms. The van der Waals surface area contributed by atoms with Gasteiger partial charge in [0, 0.05) is 6.54 Å². The van der Waals surface area contributed by atoms with Gasteiger partial charge in [0.05, 0.1) is 12.0 Å². The van der Waals surface area contributed by atoms with E-state index in [0.29, 0.717) is 6.54 Å². The van der Waals surface area contributed by atoms with Gasteiger partial charge in [-0.25, -0.2) is 0 Å². The average molecular weight is 236 g/mol. The molecule has 1 heterocycles. The molecule has 2 N–H and O–H groups in total. The Labute approximate surface area is 102 Å². The fourth-order valence-corrected chi connectivity index (χ4v) is 2.36. The molecule has 0 saturated heterocycles. The molecule has 17 heavy (non-hydrogen) atoms. The van der Waals surface area contributed by atoms with E-state index in [2.05, 4.69) is 10.6 Å². The van der Waals surface area contributed by atoms with Gasteiger partial charge >= 0.3 is 0 Å². The van der Waals surface area contributed by atoms with E-state index in [1.54, 1.807) is 0 Å². The van der Waals surface area contributed by atoms with E-state index >= 15 is 0 Å². The molecular weight excluding hydrogens is 216 g/mol. The van der Waals surface area contributed by atoms with Crippen LogP contribution in [-0.2, 0) is 11.3 Å². The lowest BCUT2D eigenvalue weighted by atomic mass is 9.68. The van der Waals surface area contributed by atoms with E-state index in [1.165, 1.54) is 0 Å². The van der Waals surface area contributed by atoms with Crippen LogP contribution in [0.3, 0.4) is 0 Å². The number of amides is 1. The highest BCUT2D eigenvalue weighted by Gasteiger charge is 2.43. The van der Waals surface area contributed by atoms with E-state index in [9.17, 15) is 4.79 Å². The summed E-state index contributed by atoms with van der Waals surface area (Å²) in [7, 11) is 1.89. The first-order chi connectivity index (χ1) is 8.16. The van der Waals surface area contributed by atoms with Crippen molar-refractivity contribution in [1.29, 1.82) is 0 Å². The maximum absolute atomic E-state index is 12.1. The summed E-state index contributed by atoms with van der Waals surface area (Å²) in [5, 5.41) is 6.08. The minimum atomic E-state index is -0.184. The molecule has 94 valence electrons. The number of rotatable bonds is 5. The van der Waals surface area contributed by atoms with Crippen LogP contribution in [0.5, 0.6) is 0 Å². The van der Waals surface area contributed by atoms with Crippen molar-refractivity contribution >= 4 is 5.91 Å². The Morgan fingerprint density at radius 3 is 2.71 bits per heavy atom. The Balaban J connectivity index is 1.88. The van der Waals surface area contributed by atoms with Gasteiger partial charge < -0.3 is 15.1 Å². The van der Waals surface area contributed by atoms with E-state index in [4.69, 9.17) is 4.42 Å². The Bertz CT molecular complexity index is 394. The number of carbonyl (C=O) groups is 1. The zero-order chi connectivity index (χ0) is 12.3. The SMILES string of the molecule is CNCC1(C(=O)NCc2ccc(C)o2)CCC1. The van der Waals surface area contributed by atoms with Crippen molar-refractivity contribution in [1.82, 2.24) is 10.6 Å². The molecular formula is C13H20N2O2. The lowest BCUT2D eigenvalue weighted by Crippen LogP contribution is -2.50. The zero-order valence-corrected chi connectivity index (χ0v) is 10.5. The number of hydrogen-bond acceptors (Lipinski definition) is 3. The molecule has 1 aliphatic carbocycles. The third-order valence-electron chi connectivity index (χ3n) is 3.53. The lowest BCUT2D eigenvalue weighted by Gasteiger charge is -2.40. The molecule has 0 bridgehead atoms. The fourth-order valence-electron chi connectivity index (χ4n) is 2.36. The van der Waals surface area contributed by atoms with Gasteiger partial charge in [-0.3, -0.25) is 4.79 Å². The van der Waals surface area contributed by atoms with Crippen molar-refractivity contribution in [2.75, 3.05) is 13.6 Å². The van der Waals surface area contributed by atoms with Gasteiger partial charge in [-0.2, -0.15) is 0 Å². The summed E-state index contributed by atoms with van der Waals surface area (Å²) in [6.07, 6.45) is 3.11. The van der Waals surface area contributed by atoms with Crippen LogP contribution in [0.4, 0.5) is 0 Å². The van der Waals surface area contributed by atoms with Gasteiger partial charge in [-0.05, 0) is 38.9 Å². The molecule has 4 heteroatoms. The van der Waals surface area contributed by atoms with Gasteiger partial charge in [-0.15, -0.1) is 0 Å². The van der Waals surface area contributed by atoms with Crippen LogP contribution < -0.4 is 10.6 Å². The lowest BCUT2D eigenvalue weighted by molar-refractivity contribution is -0.135. The normalized spacial score (nSPS) is 17.5. The van der Waals surface area contributed by atoms with E-state index in [-0.39, 0.29) is 11.3 Å². The Morgan fingerprint density at radius 1 is 1.47 bits per heavy atom. The predicted molar refractivity (Wildman–Crippen MR) is 65.5 cm³/mol. The molecule has 1 aromatic heterocycles. The van der Waals surface area contributed by atoms with Crippen LogP contribution in [0, 0.1) is 12.3 Å². The van der Waals surface area contributed by atoms with Crippen molar-refractivity contribution in [2.45, 2.75) is 32.7 Å². The summed E-state index contributed by atoms with van der Waals surface area (Å²) in [5.41, 5.74) is -0.184. The molecule has 1 amide bonds. The van der Waals surface area contributed by atoms with E-state index in [1.807, 2.05) is 26.1 Å². The zero-order valence-electron chi connectivity index (χ0n) is 10.5. The van der Waals surface area contributed by atoms with E-state index in [0.717, 1.165) is 37.3 Å². The second-order valence-electron chi connectivity index (χ2n) is 4.86. The van der Waals surface area contributed by atoms with Crippen molar-refractivity contribution in [3.05, 3.63) is 23.7 Å². The predicted octanol–water partition coefficient (Wildman–Crippen LogP) is 1.59. The highest BCUT2D eigenvalue weighted by atomic mass is 16.3. The Hall–Kier alpha value is -1.29. The number of hydrogen-bond donors (Lipinski definition) is 2. The number of carbonyl (C=O) groups excluding carboxylic acids is 1. The van der Waals surface area contributed by atoms with Crippen LogP contribution >= 0.6 is 0 Å². The third kappa shape index (κ3) is 2.52. The first-order valence-corrected chi connectivity index (χ1v) is 6.14. The maximum Gasteiger partial charge on any atom is 0.227 e. The number of furan rings is 1. The van der Waals surface area contributed by atoms with Gasteiger partial charge in [0.15, 0.2) is 0 Å². The highest BCUT2D eigenvalue weighted by molar-refractivity contribution is 5.83. The molecule has 1 fully saturated rings. The third-order valence-corrected chi connectivity index (χ3v) is 3.53. The molecule has 0 atom stereocenters. The van der Waals surface area contributed by atoms with Gasteiger partial charge in [0.1, 0.15) is 11.5 Å². The van der Waals surface area contributed by atoms with Crippen LogP contribution in [0.15, 0.2) is 16.5 Å². The average Bonchev–Trinajstić information content (AvgIpc) is 2.66. The minimum absolute atomic E-state index is 0.146. The second-order valence-corrected chi connectivity index (χ2v) is 4.86. The first-order valence-electron chi connectivity index (χ1n) is 6.14. The van der Waals surface area contributed by atoms with Gasteiger partial charge in [0.25, 0.3) is 0 Å². The van der Waals surface area contributed by atoms with Crippen LogP contribution in [0.2, 0.25) is 0 Å². The summed E-state index contributed by atoms with van der Waals surface area (Å²) in [5.74, 6) is 1.84. The van der Waals surface area contributed by atoms with Crippen molar-refractivity contribution in [3.63, 3.8) is 0 Å². The van der Waals surface area contributed by atoms with Crippen LogP contribution in [0.25, 0.3) is 0 Å². The molecule has 1 aromatic rings. The van der Waals surface area contributed by atoms with Gasteiger partial charge in [-0.1, -0.05) is 6.42 Å². The molecule has 0 radical (unpaired) electrons. The van der Waals surface area contributed by atoms with Crippen molar-refractivity contribution in [3.8, 4) is 0 Å². The highest BCUT2D eigenvalue weighted by Crippen LogP contribution is 2.40. The molecule has 4 nitrogen and oxygen atoms in total. The summed E-state index contributed by atoms with van der Waals surface area (Å²) in [6, 6.07) is 3.81. The minimum Gasteiger partial charge on any atom is -0.465 e. The second kappa shape index (κ2) is 4.92. The van der Waals surface area contributed by atoms with Crippen molar-refractivity contribution in [2.24, 2.45) is 5.41 Å². The molecule has 2 rings (SSSR count). The maximum atomic E-state index is 12.1. The van der Waals surface area contributed by atoms with Crippen molar-refractivity contribution < 1.29 is 9.21 Å². The largest absolute Gasteiger partial charge is 0.465 e. The monoisotopic (exact) mass is 236 g/mol.